The first-order chi connectivity index (χ1) is 9.94. The summed E-state index contributed by atoms with van der Waals surface area (Å²) >= 11 is 1.48. The Morgan fingerprint density at radius 2 is 2.24 bits per heavy atom. The second-order valence-electron chi connectivity index (χ2n) is 5.72. The fraction of sp³-hybridized carbons (Fsp3) is 0.571. The van der Waals surface area contributed by atoms with E-state index >= 15 is 0 Å². The topological polar surface area (TPSA) is 110 Å². The van der Waals surface area contributed by atoms with Crippen LogP contribution >= 0.6 is 11.3 Å². The molecule has 6 N–H and O–H groups in total. The lowest BCUT2D eigenvalue weighted by Crippen LogP contribution is -2.53. The predicted octanol–water partition coefficient (Wildman–Crippen LogP) is 1.09. The zero-order valence-corrected chi connectivity index (χ0v) is 12.9. The molecule has 116 valence electrons. The lowest BCUT2D eigenvalue weighted by atomic mass is 9.95. The van der Waals surface area contributed by atoms with Crippen LogP contribution in [0.1, 0.15) is 37.1 Å². The van der Waals surface area contributed by atoms with Crippen molar-refractivity contribution < 1.29 is 9.59 Å². The van der Waals surface area contributed by atoms with Gasteiger partial charge in [0.2, 0.25) is 5.91 Å². The SMILES string of the molecule is CC(CN)(NC(=O)CC(NC(N)=O)c1cccs1)C1CC1. The summed E-state index contributed by atoms with van der Waals surface area (Å²) in [5.41, 5.74) is 10.6. The van der Waals surface area contributed by atoms with E-state index in [4.69, 9.17) is 11.5 Å². The Hall–Kier alpha value is -1.60. The molecule has 1 heterocycles. The Kier molecular flexibility index (Phi) is 4.84. The van der Waals surface area contributed by atoms with Crippen molar-refractivity contribution in [3.05, 3.63) is 22.4 Å². The molecule has 0 aromatic carbocycles. The van der Waals surface area contributed by atoms with Crippen LogP contribution in [0.3, 0.4) is 0 Å². The highest BCUT2D eigenvalue weighted by molar-refractivity contribution is 7.10. The van der Waals surface area contributed by atoms with E-state index in [9.17, 15) is 9.59 Å². The van der Waals surface area contributed by atoms with Crippen molar-refractivity contribution in [2.24, 2.45) is 17.4 Å². The molecule has 6 nitrogen and oxygen atoms in total. The van der Waals surface area contributed by atoms with Gasteiger partial charge in [-0.2, -0.15) is 0 Å². The number of carbonyl (C=O) groups excluding carboxylic acids is 2. The molecule has 2 unspecified atom stereocenters. The Morgan fingerprint density at radius 1 is 1.52 bits per heavy atom. The standard InChI is InChI=1S/C14H22N4O2S/c1-14(8-15,9-4-5-9)18-12(19)7-10(17-13(16)20)11-3-2-6-21-11/h2-3,6,9-10H,4-5,7-8,15H2,1H3,(H,18,19)(H3,16,17,20). The van der Waals surface area contributed by atoms with Crippen molar-refractivity contribution in [2.75, 3.05) is 6.54 Å². The van der Waals surface area contributed by atoms with Crippen molar-refractivity contribution in [3.63, 3.8) is 0 Å². The first kappa shape index (κ1) is 15.8. The summed E-state index contributed by atoms with van der Waals surface area (Å²) in [5, 5.41) is 7.54. The summed E-state index contributed by atoms with van der Waals surface area (Å²) in [7, 11) is 0. The number of rotatable bonds is 7. The van der Waals surface area contributed by atoms with E-state index in [2.05, 4.69) is 10.6 Å². The van der Waals surface area contributed by atoms with Crippen molar-refractivity contribution >= 4 is 23.3 Å². The minimum absolute atomic E-state index is 0.123. The second kappa shape index (κ2) is 6.44. The Labute approximate surface area is 128 Å². The van der Waals surface area contributed by atoms with Crippen LogP contribution in [0.15, 0.2) is 17.5 Å². The molecule has 7 heteroatoms. The molecule has 0 spiro atoms. The highest BCUT2D eigenvalue weighted by atomic mass is 32.1. The normalized spacial score (nSPS) is 18.6. The third-order valence-corrected chi connectivity index (χ3v) is 4.91. The number of nitrogens with two attached hydrogens (primary N) is 2. The second-order valence-corrected chi connectivity index (χ2v) is 6.70. The summed E-state index contributed by atoms with van der Waals surface area (Å²) in [6, 6.07) is 2.72. The molecular formula is C14H22N4O2S. The molecule has 0 radical (unpaired) electrons. The number of urea groups is 1. The van der Waals surface area contributed by atoms with Crippen molar-refractivity contribution in [2.45, 2.75) is 37.8 Å². The Bertz CT molecular complexity index is 501. The molecule has 0 aliphatic heterocycles. The van der Waals surface area contributed by atoms with E-state index in [0.29, 0.717) is 12.5 Å². The van der Waals surface area contributed by atoms with Crippen molar-refractivity contribution in [1.29, 1.82) is 0 Å². The van der Waals surface area contributed by atoms with Gasteiger partial charge in [-0.25, -0.2) is 4.79 Å². The molecule has 1 fully saturated rings. The highest BCUT2D eigenvalue weighted by Crippen LogP contribution is 2.39. The van der Waals surface area contributed by atoms with Crippen LogP contribution in [0.2, 0.25) is 0 Å². The lowest BCUT2D eigenvalue weighted by molar-refractivity contribution is -0.123. The Morgan fingerprint density at radius 3 is 2.71 bits per heavy atom. The minimum atomic E-state index is -0.634. The predicted molar refractivity (Wildman–Crippen MR) is 82.7 cm³/mol. The van der Waals surface area contributed by atoms with Crippen LogP contribution in [0.5, 0.6) is 0 Å². The summed E-state index contributed by atoms with van der Waals surface area (Å²) in [6.07, 6.45) is 2.36. The van der Waals surface area contributed by atoms with Gasteiger partial charge in [0.05, 0.1) is 18.0 Å². The van der Waals surface area contributed by atoms with Crippen LogP contribution in [0.4, 0.5) is 4.79 Å². The van der Waals surface area contributed by atoms with E-state index < -0.39 is 12.1 Å². The molecule has 21 heavy (non-hydrogen) atoms. The number of carbonyl (C=O) groups is 2. The molecule has 1 aromatic rings. The minimum Gasteiger partial charge on any atom is -0.352 e. The number of nitrogens with one attached hydrogen (secondary N) is 2. The summed E-state index contributed by atoms with van der Waals surface area (Å²) < 4.78 is 0. The third kappa shape index (κ3) is 4.18. The van der Waals surface area contributed by atoms with Gasteiger partial charge in [0.1, 0.15) is 0 Å². The number of hydrogen-bond donors (Lipinski definition) is 4. The zero-order chi connectivity index (χ0) is 15.5. The fourth-order valence-corrected chi connectivity index (χ4v) is 3.26. The van der Waals surface area contributed by atoms with Crippen LogP contribution in [-0.2, 0) is 4.79 Å². The number of amides is 3. The van der Waals surface area contributed by atoms with Crippen LogP contribution in [0, 0.1) is 5.92 Å². The first-order valence-electron chi connectivity index (χ1n) is 7.05. The van der Waals surface area contributed by atoms with Gasteiger partial charge in [0, 0.05) is 11.4 Å². The van der Waals surface area contributed by atoms with Gasteiger partial charge in [-0.1, -0.05) is 6.07 Å². The first-order valence-corrected chi connectivity index (χ1v) is 7.93. The summed E-state index contributed by atoms with van der Waals surface area (Å²) in [5.74, 6) is 0.331. The monoisotopic (exact) mass is 310 g/mol. The zero-order valence-electron chi connectivity index (χ0n) is 12.1. The molecule has 2 rings (SSSR count). The molecule has 1 saturated carbocycles. The maximum Gasteiger partial charge on any atom is 0.312 e. The van der Waals surface area contributed by atoms with E-state index in [1.807, 2.05) is 24.4 Å². The Balaban J connectivity index is 1.99. The summed E-state index contributed by atoms with van der Waals surface area (Å²) in [6.45, 7) is 2.39. The largest absolute Gasteiger partial charge is 0.352 e. The number of hydrogen-bond acceptors (Lipinski definition) is 4. The van der Waals surface area contributed by atoms with Gasteiger partial charge in [0.15, 0.2) is 0 Å². The molecule has 2 atom stereocenters. The highest BCUT2D eigenvalue weighted by Gasteiger charge is 2.41. The summed E-state index contributed by atoms with van der Waals surface area (Å²) in [4.78, 5) is 24.3. The van der Waals surface area contributed by atoms with Gasteiger partial charge < -0.3 is 22.1 Å². The van der Waals surface area contributed by atoms with Gasteiger partial charge in [-0.05, 0) is 37.1 Å². The van der Waals surface area contributed by atoms with E-state index in [-0.39, 0.29) is 17.9 Å². The molecule has 1 aliphatic rings. The average molecular weight is 310 g/mol. The molecule has 0 saturated heterocycles. The average Bonchev–Trinajstić information content (AvgIpc) is 3.13. The van der Waals surface area contributed by atoms with Crippen LogP contribution in [-0.4, -0.2) is 24.0 Å². The van der Waals surface area contributed by atoms with Crippen LogP contribution in [0.25, 0.3) is 0 Å². The van der Waals surface area contributed by atoms with Crippen LogP contribution < -0.4 is 22.1 Å². The van der Waals surface area contributed by atoms with E-state index in [0.717, 1.165) is 17.7 Å². The fourth-order valence-electron chi connectivity index (χ4n) is 2.48. The molecule has 1 aliphatic carbocycles. The molecule has 3 amide bonds. The molecular weight excluding hydrogens is 288 g/mol. The van der Waals surface area contributed by atoms with Gasteiger partial charge in [0.25, 0.3) is 0 Å². The smallest absolute Gasteiger partial charge is 0.312 e. The van der Waals surface area contributed by atoms with Gasteiger partial charge in [-0.3, -0.25) is 4.79 Å². The maximum absolute atomic E-state index is 12.3. The molecule has 0 bridgehead atoms. The van der Waals surface area contributed by atoms with Gasteiger partial charge >= 0.3 is 6.03 Å². The van der Waals surface area contributed by atoms with Crippen molar-refractivity contribution in [3.8, 4) is 0 Å². The van der Waals surface area contributed by atoms with E-state index in [1.165, 1.54) is 11.3 Å². The van der Waals surface area contributed by atoms with E-state index in [1.54, 1.807) is 0 Å². The number of thiophene rings is 1. The number of primary amides is 1. The maximum atomic E-state index is 12.3. The molecule has 1 aromatic heterocycles. The quantitative estimate of drug-likeness (QED) is 0.605. The third-order valence-electron chi connectivity index (χ3n) is 3.92. The van der Waals surface area contributed by atoms with Crippen molar-refractivity contribution in [1.82, 2.24) is 10.6 Å². The van der Waals surface area contributed by atoms with Gasteiger partial charge in [-0.15, -0.1) is 11.3 Å². The lowest BCUT2D eigenvalue weighted by Gasteiger charge is -2.30.